The van der Waals surface area contributed by atoms with Crippen molar-refractivity contribution in [1.29, 1.82) is 0 Å². The quantitative estimate of drug-likeness (QED) is 0.0729. The maximum atomic E-state index is 13.3. The number of carbonyl (C=O) groups excluding carboxylic acids is 1. The number of thiazole rings is 2. The van der Waals surface area contributed by atoms with Crippen LogP contribution in [0.4, 0.5) is 18.9 Å². The third-order valence-corrected chi connectivity index (χ3v) is 10.3. The molecule has 0 aliphatic heterocycles. The smallest absolute Gasteiger partial charge is 0.319 e. The van der Waals surface area contributed by atoms with Gasteiger partial charge in [-0.25, -0.2) is 19.3 Å². The van der Waals surface area contributed by atoms with Gasteiger partial charge in [0.25, 0.3) is 0 Å². The van der Waals surface area contributed by atoms with Gasteiger partial charge in [0, 0.05) is 54.9 Å². The summed E-state index contributed by atoms with van der Waals surface area (Å²) in [5.74, 6) is 1.81. The van der Waals surface area contributed by atoms with Crippen molar-refractivity contribution >= 4 is 34.3 Å². The van der Waals surface area contributed by atoms with Gasteiger partial charge in [-0.1, -0.05) is 24.3 Å². The predicted molar refractivity (Wildman–Crippen MR) is 212 cm³/mol. The van der Waals surface area contributed by atoms with Crippen LogP contribution >= 0.6 is 22.7 Å². The lowest BCUT2D eigenvalue weighted by Gasteiger charge is -2.20. The molecule has 0 fully saturated rings. The van der Waals surface area contributed by atoms with Gasteiger partial charge in [-0.3, -0.25) is 14.3 Å². The Morgan fingerprint density at radius 3 is 2.37 bits per heavy atom. The van der Waals surface area contributed by atoms with Gasteiger partial charge in [-0.15, -0.1) is 22.7 Å². The van der Waals surface area contributed by atoms with Crippen molar-refractivity contribution in [1.82, 2.24) is 29.7 Å². The van der Waals surface area contributed by atoms with Gasteiger partial charge in [-0.05, 0) is 71.8 Å². The number of anilines is 1. The molecule has 0 bridgehead atoms. The highest BCUT2D eigenvalue weighted by molar-refractivity contribution is 7.09. The van der Waals surface area contributed by atoms with E-state index in [9.17, 15) is 18.0 Å². The number of ether oxygens (including phenoxy) is 2. The van der Waals surface area contributed by atoms with Crippen LogP contribution < -0.4 is 20.1 Å². The molecular formula is C41H38F3N7O4S2. The van der Waals surface area contributed by atoms with Crippen LogP contribution in [0.1, 0.15) is 39.5 Å². The summed E-state index contributed by atoms with van der Waals surface area (Å²) in [6.45, 7) is -0.110. The number of benzene rings is 3. The third-order valence-electron chi connectivity index (χ3n) is 8.58. The molecule has 294 valence electrons. The number of imidazole rings is 1. The summed E-state index contributed by atoms with van der Waals surface area (Å²) in [5, 5.41) is 11.7. The summed E-state index contributed by atoms with van der Waals surface area (Å²) >= 11 is 2.95. The number of hydrogen-bond acceptors (Lipinski definition) is 11. The average Bonchev–Trinajstić information content (AvgIpc) is 4.06. The zero-order chi connectivity index (χ0) is 39.4. The third kappa shape index (κ3) is 11.6. The second kappa shape index (κ2) is 19.4. The number of aromatic nitrogens is 4. The molecule has 0 saturated carbocycles. The summed E-state index contributed by atoms with van der Waals surface area (Å²) in [6, 6.07) is 24.9. The highest BCUT2D eigenvalue weighted by Crippen LogP contribution is 2.26. The van der Waals surface area contributed by atoms with E-state index in [1.165, 1.54) is 47.2 Å². The fourth-order valence-corrected chi connectivity index (χ4v) is 7.27. The van der Waals surface area contributed by atoms with Crippen molar-refractivity contribution in [3.05, 3.63) is 153 Å². The molecule has 0 aliphatic rings. The zero-order valence-electron chi connectivity index (χ0n) is 30.5. The molecule has 0 aliphatic carbocycles. The van der Waals surface area contributed by atoms with Crippen LogP contribution in [0.2, 0.25) is 0 Å². The second-order valence-corrected chi connectivity index (χ2v) is 14.7. The van der Waals surface area contributed by atoms with Gasteiger partial charge >= 0.3 is 6.55 Å². The highest BCUT2D eigenvalue weighted by atomic mass is 32.1. The van der Waals surface area contributed by atoms with E-state index in [1.807, 2.05) is 76.3 Å². The van der Waals surface area contributed by atoms with E-state index in [4.69, 9.17) is 13.9 Å². The average molecular weight is 814 g/mol. The lowest BCUT2D eigenvalue weighted by molar-refractivity contribution is -0.117. The molecule has 16 heteroatoms. The Kier molecular flexibility index (Phi) is 13.4. The van der Waals surface area contributed by atoms with Crippen LogP contribution in [0.15, 0.2) is 119 Å². The standard InChI is InChI=1S/C41H38F3N7O4S2/c42-30-8-12-34(13-9-30)54-24-40-49-33(27-57-40)21-50(22-36-5-2-18-53-36)23-38(52)47-31-10-6-28(7-11-31)29-3-1-4-35(19-29)55-25-39-48-32(26-56-39)20-45-15-14-37-46-16-17-51(37)41(43)44/h1-13,16-19,26-27,41,45H,14-15,20-25H2,(H,47,52). The van der Waals surface area contributed by atoms with Crippen molar-refractivity contribution in [2.45, 2.75) is 45.8 Å². The van der Waals surface area contributed by atoms with E-state index in [2.05, 4.69) is 25.6 Å². The number of carbonyl (C=O) groups is 1. The van der Waals surface area contributed by atoms with Gasteiger partial charge in [0.15, 0.2) is 0 Å². The first-order valence-corrected chi connectivity index (χ1v) is 19.7. The molecule has 0 spiro atoms. The monoisotopic (exact) mass is 813 g/mol. The first-order chi connectivity index (χ1) is 27.8. The van der Waals surface area contributed by atoms with Gasteiger partial charge < -0.3 is 24.5 Å². The maximum absolute atomic E-state index is 13.3. The van der Waals surface area contributed by atoms with Crippen molar-refractivity contribution in [2.75, 3.05) is 18.4 Å². The first-order valence-electron chi connectivity index (χ1n) is 18.0. The Morgan fingerprint density at radius 1 is 0.860 bits per heavy atom. The summed E-state index contributed by atoms with van der Waals surface area (Å²) < 4.78 is 57.5. The predicted octanol–water partition coefficient (Wildman–Crippen LogP) is 8.72. The maximum Gasteiger partial charge on any atom is 0.319 e. The molecule has 4 heterocycles. The minimum Gasteiger partial charge on any atom is -0.486 e. The normalized spacial score (nSPS) is 11.4. The molecule has 0 unspecified atom stereocenters. The molecule has 7 aromatic rings. The van der Waals surface area contributed by atoms with Gasteiger partial charge in [0.1, 0.15) is 52.1 Å². The SMILES string of the molecule is O=C(CN(Cc1csc(COc2ccc(F)cc2)n1)Cc1ccco1)Nc1ccc(-c2cccc(OCc3nc(CNCCc4nccn4C(F)F)cs3)c2)cc1. The summed E-state index contributed by atoms with van der Waals surface area (Å²) in [5.41, 5.74) is 4.22. The van der Waals surface area contributed by atoms with E-state index >= 15 is 0 Å². The number of amides is 1. The molecule has 3 aromatic carbocycles. The van der Waals surface area contributed by atoms with E-state index < -0.39 is 6.55 Å². The largest absolute Gasteiger partial charge is 0.486 e. The summed E-state index contributed by atoms with van der Waals surface area (Å²) in [7, 11) is 0. The van der Waals surface area contributed by atoms with Crippen LogP contribution in [0.3, 0.4) is 0 Å². The Hall–Kier alpha value is -5.81. The van der Waals surface area contributed by atoms with Crippen LogP contribution in [-0.4, -0.2) is 43.4 Å². The number of nitrogens with zero attached hydrogens (tertiary/aromatic N) is 5. The second-order valence-electron chi connectivity index (χ2n) is 12.8. The summed E-state index contributed by atoms with van der Waals surface area (Å²) in [4.78, 5) is 28.5. The lowest BCUT2D eigenvalue weighted by atomic mass is 10.1. The van der Waals surface area contributed by atoms with Gasteiger partial charge in [-0.2, -0.15) is 8.78 Å². The highest BCUT2D eigenvalue weighted by Gasteiger charge is 2.17. The van der Waals surface area contributed by atoms with E-state index in [-0.39, 0.29) is 24.9 Å². The molecule has 11 nitrogen and oxygen atoms in total. The van der Waals surface area contributed by atoms with E-state index in [0.29, 0.717) is 62.2 Å². The summed E-state index contributed by atoms with van der Waals surface area (Å²) in [6.07, 6.45) is 4.64. The fraction of sp³-hybridized carbons (Fsp3) is 0.220. The topological polar surface area (TPSA) is 120 Å². The Morgan fingerprint density at radius 2 is 1.61 bits per heavy atom. The van der Waals surface area contributed by atoms with E-state index in [0.717, 1.165) is 42.9 Å². The number of furan rings is 1. The molecule has 0 radical (unpaired) electrons. The van der Waals surface area contributed by atoms with Crippen LogP contribution in [0, 0.1) is 5.82 Å². The van der Waals surface area contributed by atoms with Crippen LogP contribution in [0.5, 0.6) is 11.5 Å². The molecule has 2 N–H and O–H groups in total. The van der Waals surface area contributed by atoms with Crippen molar-refractivity contribution in [3.8, 4) is 22.6 Å². The van der Waals surface area contributed by atoms with Crippen LogP contribution in [-0.2, 0) is 44.1 Å². The molecule has 7 rings (SSSR count). The number of halogens is 3. The Balaban J connectivity index is 0.879. The number of rotatable bonds is 20. The minimum absolute atomic E-state index is 0.106. The molecule has 1 amide bonds. The van der Waals surface area contributed by atoms with Gasteiger partial charge in [0.2, 0.25) is 5.91 Å². The lowest BCUT2D eigenvalue weighted by Crippen LogP contribution is -2.32. The molecule has 4 aromatic heterocycles. The van der Waals surface area contributed by atoms with Crippen molar-refractivity contribution in [2.24, 2.45) is 0 Å². The molecule has 0 atom stereocenters. The minimum atomic E-state index is -2.60. The van der Waals surface area contributed by atoms with Crippen molar-refractivity contribution in [3.63, 3.8) is 0 Å². The fourth-order valence-electron chi connectivity index (χ4n) is 5.87. The molecule has 0 saturated heterocycles. The molecule has 57 heavy (non-hydrogen) atoms. The number of hydrogen-bond donors (Lipinski definition) is 2. The van der Waals surface area contributed by atoms with Crippen molar-refractivity contribution < 1.29 is 31.9 Å². The number of nitrogens with one attached hydrogen (secondary N) is 2. The van der Waals surface area contributed by atoms with Gasteiger partial charge in [0.05, 0.1) is 30.7 Å². The van der Waals surface area contributed by atoms with Crippen LogP contribution in [0.25, 0.3) is 11.1 Å². The first kappa shape index (κ1) is 39.4. The van der Waals surface area contributed by atoms with E-state index in [1.54, 1.807) is 18.4 Å². The Bertz CT molecular complexity index is 2310. The Labute approximate surface area is 334 Å². The number of alkyl halides is 2. The molecular weight excluding hydrogens is 776 g/mol. The zero-order valence-corrected chi connectivity index (χ0v) is 32.2.